The van der Waals surface area contributed by atoms with E-state index in [0.29, 0.717) is 4.88 Å². The Morgan fingerprint density at radius 2 is 0.857 bits per heavy atom. The summed E-state index contributed by atoms with van der Waals surface area (Å²) in [5.74, 6) is -1.93. The average molecular weight is 1340 g/mol. The maximum Gasteiger partial charge on any atom is 0.263 e. The smallest absolute Gasteiger partial charge is 0.263 e. The summed E-state index contributed by atoms with van der Waals surface area (Å²) < 4.78 is 93.7. The zero-order valence-corrected chi connectivity index (χ0v) is 50.0. The quantitative estimate of drug-likeness (QED) is 0.0428. The molecule has 6 rings (SSSR count). The van der Waals surface area contributed by atoms with Crippen LogP contribution in [-0.2, 0) is 94.2 Å². The largest absolute Gasteiger partial charge is 0.790 e. The van der Waals surface area contributed by atoms with Crippen molar-refractivity contribution >= 4 is 104 Å². The number of carbonyl (C=O) groups is 6. The highest BCUT2D eigenvalue weighted by molar-refractivity contribution is 7.44. The molecular formula is C36H38N8O32P6S2-12. The molecule has 0 bridgehead atoms. The first-order valence-corrected chi connectivity index (χ1v) is 31.7. The Kier molecular flexibility index (Phi) is 31.8. The van der Waals surface area contributed by atoms with Crippen molar-refractivity contribution in [3.8, 4) is 0 Å². The number of hydrogen-bond donors (Lipinski definition) is 2. The molecule has 0 amide bonds. The Morgan fingerprint density at radius 1 is 0.452 bits per heavy atom. The van der Waals surface area contributed by atoms with Crippen molar-refractivity contribution in [2.75, 3.05) is 0 Å². The van der Waals surface area contributed by atoms with Crippen molar-refractivity contribution in [2.45, 2.75) is 81.2 Å². The summed E-state index contributed by atoms with van der Waals surface area (Å²) >= 11 is 2.07. The number of aromatic nitrogens is 8. The van der Waals surface area contributed by atoms with E-state index in [-0.39, 0.29) is 91.7 Å². The van der Waals surface area contributed by atoms with Gasteiger partial charge in [-0.2, -0.15) is 0 Å². The van der Waals surface area contributed by atoms with Gasteiger partial charge in [0, 0.05) is 53.1 Å². The molecule has 0 atom stereocenters. The second-order valence-electron chi connectivity index (χ2n) is 14.7. The summed E-state index contributed by atoms with van der Waals surface area (Å²) in [6.07, 6.45) is 5.93. The van der Waals surface area contributed by atoms with Gasteiger partial charge in [0.05, 0.1) is 121 Å². The molecule has 0 saturated heterocycles. The number of rotatable bonds is 24. The Morgan fingerprint density at radius 3 is 1.20 bits per heavy atom. The minimum absolute atomic E-state index is 0.00197. The fraction of sp³-hybridized carbons (Fsp3) is 0.333. The average Bonchev–Trinajstić information content (AvgIpc) is 4.23. The minimum atomic E-state index is -5.02. The standard InChI is InChI=1S/2C6H9N2O5P.2C6H8NO6P.2C6H8NO5PS/c2*1-4(9)6-7-2-5(8-6)3-13-14(10,11)12;1-4(8)6-7-5(2-12-6)3-13-14(9,10)11;1-4(8)6-7-2-5(13-6)3-12-14(9,10)11;1-4(8)6-7-5(3-14-6)2-12-13(9,10)11;1-4(8)6-7-2-5(14-6)3-12-13(9,10)11/h2*2H,3H2,1H3,(H,7,8)(H2,10,11,12);2*2H,3H2,1H3,(H2,9,10,11);3H,2H2,1H3,(H2,9,10,11);2H,3H2,1H3,(H2,9,10,11)/p-12. The van der Waals surface area contributed by atoms with Crippen molar-refractivity contribution in [1.82, 2.24) is 39.9 Å². The SMILES string of the molecule is CC(=O)c1nc(COP(=O)([O-])[O-])co1.CC(=O)c1nc(COP(=O)([O-])[O-])cs1.CC(=O)c1ncc(COP(=O)([O-])[O-])[nH]1.CC(=O)c1ncc(COP(=O)([O-])[O-])[nH]1.CC(=O)c1ncc(COP(=O)([O-])[O-])o1.CC(=O)c1ncc(COP(=O)([O-])[O-])s1. The zero-order valence-electron chi connectivity index (χ0n) is 43.0. The Bertz CT molecular complexity index is 2870. The molecule has 0 aliphatic heterocycles. The molecule has 48 heteroatoms. The molecule has 6 aromatic rings. The second kappa shape index (κ2) is 34.8. The van der Waals surface area contributed by atoms with Crippen LogP contribution in [0.15, 0.2) is 45.3 Å². The Labute approximate surface area is 477 Å². The number of aromatic amines is 2. The molecule has 0 radical (unpaired) electrons. The molecule has 468 valence electrons. The normalized spacial score (nSPS) is 11.6. The molecule has 6 aromatic heterocycles. The molecule has 2 N–H and O–H groups in total. The van der Waals surface area contributed by atoms with E-state index in [0.717, 1.165) is 35.1 Å². The molecule has 6 heterocycles. The van der Waals surface area contributed by atoms with E-state index in [1.807, 2.05) is 0 Å². The van der Waals surface area contributed by atoms with Gasteiger partial charge in [-0.15, -0.1) is 22.7 Å². The van der Waals surface area contributed by atoms with Gasteiger partial charge < -0.3 is 132 Å². The topological polar surface area (TPSA) is 672 Å². The number of H-pyrrole nitrogens is 2. The van der Waals surface area contributed by atoms with Gasteiger partial charge in [0.2, 0.25) is 11.6 Å². The van der Waals surface area contributed by atoms with Crippen molar-refractivity contribution in [1.29, 1.82) is 0 Å². The summed E-state index contributed by atoms with van der Waals surface area (Å²) in [4.78, 5) is 213. The van der Waals surface area contributed by atoms with Crippen molar-refractivity contribution in [3.05, 3.63) is 103 Å². The number of oxazole rings is 2. The van der Waals surface area contributed by atoms with Crippen LogP contribution in [0.3, 0.4) is 0 Å². The lowest BCUT2D eigenvalue weighted by Gasteiger charge is -2.28. The maximum atomic E-state index is 10.8. The highest BCUT2D eigenvalue weighted by Crippen LogP contribution is 2.30. The van der Waals surface area contributed by atoms with Gasteiger partial charge in [-0.05, 0) is 0 Å². The molecule has 0 aliphatic carbocycles. The Balaban J connectivity index is 0.000000504. The third-order valence-corrected chi connectivity index (χ3v) is 12.3. The van der Waals surface area contributed by atoms with Crippen LogP contribution in [0.25, 0.3) is 0 Å². The first-order valence-electron chi connectivity index (χ1n) is 21.2. The van der Waals surface area contributed by atoms with Crippen LogP contribution >= 0.6 is 69.6 Å². The number of imidazole rings is 2. The molecular weight excluding hydrogens is 1310 g/mol. The van der Waals surface area contributed by atoms with E-state index >= 15 is 0 Å². The Hall–Kier alpha value is -5.22. The third kappa shape index (κ3) is 37.3. The number of thiazole rings is 2. The van der Waals surface area contributed by atoms with Gasteiger partial charge in [-0.25, -0.2) is 29.9 Å². The van der Waals surface area contributed by atoms with Crippen LogP contribution in [0, 0.1) is 0 Å². The number of ketones is 6. The minimum Gasteiger partial charge on any atom is -0.790 e. The van der Waals surface area contributed by atoms with Gasteiger partial charge in [0.15, 0.2) is 50.6 Å². The van der Waals surface area contributed by atoms with E-state index in [4.69, 9.17) is 4.42 Å². The van der Waals surface area contributed by atoms with Crippen LogP contribution in [-0.4, -0.2) is 74.6 Å². The predicted molar refractivity (Wildman–Crippen MR) is 249 cm³/mol. The first-order chi connectivity index (χ1) is 38.3. The molecule has 0 spiro atoms. The lowest BCUT2D eigenvalue weighted by Crippen LogP contribution is -2.16. The number of phosphoric ester groups is 6. The number of phosphoric acid groups is 6. The summed E-state index contributed by atoms with van der Waals surface area (Å²) in [5.41, 5.74) is 0.832. The number of Topliss-reactive ketones (excluding diaryl/α,β-unsaturated/α-hetero) is 6. The number of nitrogens with zero attached hydrogens (tertiary/aromatic N) is 6. The lowest BCUT2D eigenvalue weighted by molar-refractivity contribution is -0.344. The lowest BCUT2D eigenvalue weighted by atomic mass is 10.4. The number of nitrogens with one attached hydrogen (secondary N) is 2. The van der Waals surface area contributed by atoms with Crippen LogP contribution < -0.4 is 58.7 Å². The molecule has 84 heavy (non-hydrogen) atoms. The number of carbonyl (C=O) groups excluding carboxylic acids is 6. The van der Waals surface area contributed by atoms with Crippen molar-refractivity contribution < 1.29 is 151 Å². The second-order valence-corrected chi connectivity index (χ2v) is 23.6. The van der Waals surface area contributed by atoms with Gasteiger partial charge >= 0.3 is 0 Å². The van der Waals surface area contributed by atoms with E-state index in [9.17, 15) is 115 Å². The molecule has 0 saturated carbocycles. The van der Waals surface area contributed by atoms with Crippen molar-refractivity contribution in [2.24, 2.45) is 0 Å². The molecule has 40 nitrogen and oxygen atoms in total. The van der Waals surface area contributed by atoms with E-state index in [1.54, 1.807) is 0 Å². The molecule has 0 fully saturated rings. The number of hydrogen-bond acceptors (Lipinski definition) is 40. The first kappa shape index (κ1) is 76.8. The maximum absolute atomic E-state index is 10.8. The molecule has 0 aromatic carbocycles. The monoisotopic (exact) mass is 1340 g/mol. The van der Waals surface area contributed by atoms with Crippen LogP contribution in [0.2, 0.25) is 0 Å². The highest BCUT2D eigenvalue weighted by Gasteiger charge is 2.12. The van der Waals surface area contributed by atoms with E-state index < -0.39 is 91.5 Å². The van der Waals surface area contributed by atoms with Crippen LogP contribution in [0.1, 0.15) is 137 Å². The fourth-order valence-corrected chi connectivity index (χ4v) is 7.51. The highest BCUT2D eigenvalue weighted by atomic mass is 32.1. The van der Waals surface area contributed by atoms with Gasteiger partial charge in [-0.1, -0.05) is 0 Å². The molecule has 0 aliphatic rings. The van der Waals surface area contributed by atoms with Gasteiger partial charge in [0.25, 0.3) is 11.8 Å². The summed E-state index contributed by atoms with van der Waals surface area (Å²) in [6, 6.07) is 0. The van der Waals surface area contributed by atoms with Crippen molar-refractivity contribution in [3.63, 3.8) is 0 Å². The van der Waals surface area contributed by atoms with Crippen LogP contribution in [0.4, 0.5) is 0 Å². The van der Waals surface area contributed by atoms with E-state index in [2.05, 4.69) is 71.4 Å². The third-order valence-electron chi connectivity index (χ3n) is 7.57. The van der Waals surface area contributed by atoms with Gasteiger partial charge in [-0.3, -0.25) is 28.8 Å². The summed E-state index contributed by atoms with van der Waals surface area (Å²) in [6.45, 7) is 5.02. The zero-order chi connectivity index (χ0) is 64.6. The molecule has 0 unspecified atom stereocenters. The summed E-state index contributed by atoms with van der Waals surface area (Å²) in [5, 5.41) is 1.98. The van der Waals surface area contributed by atoms with Gasteiger partial charge in [0.1, 0.15) is 18.6 Å². The van der Waals surface area contributed by atoms with Crippen LogP contribution in [0.5, 0.6) is 0 Å². The predicted octanol–water partition coefficient (Wildman–Crippen LogP) is -4.26. The van der Waals surface area contributed by atoms with E-state index in [1.165, 1.54) is 65.5 Å². The fourth-order valence-electron chi connectivity index (χ4n) is 4.24. The summed E-state index contributed by atoms with van der Waals surface area (Å²) in [7, 11) is -29.9.